The number of carbonyl (C=O) groups excluding carboxylic acids is 1. The van der Waals surface area contributed by atoms with Crippen molar-refractivity contribution >= 4 is 23.1 Å². The van der Waals surface area contributed by atoms with Crippen LogP contribution in [0.15, 0.2) is 0 Å². The number of amides is 1. The molecule has 4 nitrogen and oxygen atoms in total. The maximum absolute atomic E-state index is 11.8. The van der Waals surface area contributed by atoms with E-state index < -0.39 is 0 Å². The van der Waals surface area contributed by atoms with E-state index in [2.05, 4.69) is 10.2 Å². The van der Waals surface area contributed by atoms with Crippen molar-refractivity contribution < 1.29 is 4.79 Å². The molecule has 0 spiro atoms. The molecule has 5 heteroatoms. The fraction of sp³-hybridized carbons (Fsp3) is 0.833. The topological polar surface area (TPSA) is 58.4 Å². The molecule has 0 aromatic carbocycles. The number of thiocarbonyl (C=S) groups is 1. The van der Waals surface area contributed by atoms with Gasteiger partial charge in [0.15, 0.2) is 0 Å². The summed E-state index contributed by atoms with van der Waals surface area (Å²) in [7, 11) is 0. The maximum Gasteiger partial charge on any atom is 0.234 e. The summed E-state index contributed by atoms with van der Waals surface area (Å²) in [5, 5.41) is 2.97. The Bertz CT molecular complexity index is 299. The Labute approximate surface area is 109 Å². The van der Waals surface area contributed by atoms with E-state index in [0.717, 1.165) is 25.9 Å². The lowest BCUT2D eigenvalue weighted by molar-refractivity contribution is -0.123. The van der Waals surface area contributed by atoms with E-state index in [1.165, 1.54) is 0 Å². The number of nitrogens with zero attached hydrogens (tertiary/aromatic N) is 1. The van der Waals surface area contributed by atoms with Crippen LogP contribution in [0.1, 0.15) is 33.6 Å². The fourth-order valence-corrected chi connectivity index (χ4v) is 2.28. The van der Waals surface area contributed by atoms with Crippen molar-refractivity contribution in [1.82, 2.24) is 10.2 Å². The Morgan fingerprint density at radius 2 is 2.18 bits per heavy atom. The summed E-state index contributed by atoms with van der Waals surface area (Å²) in [4.78, 5) is 14.5. The molecule has 1 aliphatic heterocycles. The highest BCUT2D eigenvalue weighted by Gasteiger charge is 2.24. The first-order valence-electron chi connectivity index (χ1n) is 6.10. The van der Waals surface area contributed by atoms with Gasteiger partial charge in [-0.1, -0.05) is 12.2 Å². The predicted octanol–water partition coefficient (Wildman–Crippen LogP) is 0.899. The molecular weight excluding hydrogens is 234 g/mol. The molecular formula is C12H23N3OS. The second-order valence-electron chi connectivity index (χ2n) is 5.77. The molecule has 0 aliphatic carbocycles. The Hall–Kier alpha value is -0.680. The molecule has 1 amide bonds. The van der Waals surface area contributed by atoms with E-state index in [1.54, 1.807) is 0 Å². The number of likely N-dealkylation sites (tertiary alicyclic amines) is 1. The van der Waals surface area contributed by atoms with Gasteiger partial charge in [0.05, 0.1) is 11.5 Å². The van der Waals surface area contributed by atoms with Crippen LogP contribution < -0.4 is 11.1 Å². The summed E-state index contributed by atoms with van der Waals surface area (Å²) >= 11 is 5.02. The van der Waals surface area contributed by atoms with Crippen molar-refractivity contribution in [3.8, 4) is 0 Å². The third-order valence-electron chi connectivity index (χ3n) is 2.79. The van der Waals surface area contributed by atoms with Gasteiger partial charge in [0.2, 0.25) is 5.91 Å². The first kappa shape index (κ1) is 14.4. The van der Waals surface area contributed by atoms with Crippen LogP contribution in [0.25, 0.3) is 0 Å². The van der Waals surface area contributed by atoms with Crippen molar-refractivity contribution in [1.29, 1.82) is 0 Å². The van der Waals surface area contributed by atoms with E-state index >= 15 is 0 Å². The van der Waals surface area contributed by atoms with E-state index in [-0.39, 0.29) is 17.4 Å². The third-order valence-corrected chi connectivity index (χ3v) is 3.12. The van der Waals surface area contributed by atoms with Gasteiger partial charge >= 0.3 is 0 Å². The Balaban J connectivity index is 2.41. The highest BCUT2D eigenvalue weighted by Crippen LogP contribution is 2.16. The lowest BCUT2D eigenvalue weighted by Gasteiger charge is -2.32. The van der Waals surface area contributed by atoms with Crippen molar-refractivity contribution in [3.05, 3.63) is 0 Å². The summed E-state index contributed by atoms with van der Waals surface area (Å²) in [6.07, 6.45) is 2.11. The Morgan fingerprint density at radius 3 is 2.71 bits per heavy atom. The second-order valence-corrected chi connectivity index (χ2v) is 6.25. The molecule has 3 N–H and O–H groups in total. The van der Waals surface area contributed by atoms with E-state index in [9.17, 15) is 4.79 Å². The van der Waals surface area contributed by atoms with Gasteiger partial charge in [0.1, 0.15) is 0 Å². The van der Waals surface area contributed by atoms with Crippen LogP contribution >= 0.6 is 12.2 Å². The van der Waals surface area contributed by atoms with Crippen molar-refractivity contribution in [2.24, 2.45) is 11.7 Å². The van der Waals surface area contributed by atoms with Crippen LogP contribution in [0, 0.1) is 5.92 Å². The summed E-state index contributed by atoms with van der Waals surface area (Å²) < 4.78 is 0. The van der Waals surface area contributed by atoms with Gasteiger partial charge in [-0.05, 0) is 40.2 Å². The number of hydrogen-bond acceptors (Lipinski definition) is 3. The normalized spacial score (nSPS) is 22.2. The molecule has 0 radical (unpaired) electrons. The lowest BCUT2D eigenvalue weighted by Crippen LogP contribution is -2.49. The van der Waals surface area contributed by atoms with Crippen LogP contribution in [-0.2, 0) is 4.79 Å². The Morgan fingerprint density at radius 1 is 1.53 bits per heavy atom. The van der Waals surface area contributed by atoms with Crippen molar-refractivity contribution in [3.63, 3.8) is 0 Å². The number of nitrogens with two attached hydrogens (primary N) is 1. The zero-order valence-electron chi connectivity index (χ0n) is 11.0. The molecule has 0 aromatic rings. The highest BCUT2D eigenvalue weighted by molar-refractivity contribution is 7.80. The zero-order chi connectivity index (χ0) is 13.1. The van der Waals surface area contributed by atoms with Gasteiger partial charge in [-0.25, -0.2) is 0 Å². The first-order valence-corrected chi connectivity index (χ1v) is 6.51. The number of nitrogens with one attached hydrogen (secondary N) is 1. The van der Waals surface area contributed by atoms with Crippen LogP contribution in [-0.4, -0.2) is 41.0 Å². The number of carbonyl (C=O) groups is 1. The van der Waals surface area contributed by atoms with E-state index in [0.29, 0.717) is 11.5 Å². The summed E-state index contributed by atoms with van der Waals surface area (Å²) in [6, 6.07) is 0. The quantitative estimate of drug-likeness (QED) is 0.738. The van der Waals surface area contributed by atoms with Gasteiger partial charge in [-0.2, -0.15) is 0 Å². The van der Waals surface area contributed by atoms with Gasteiger partial charge < -0.3 is 11.1 Å². The van der Waals surface area contributed by atoms with Crippen LogP contribution in [0.4, 0.5) is 0 Å². The number of rotatable bonds is 3. The van der Waals surface area contributed by atoms with Gasteiger partial charge in [0, 0.05) is 18.0 Å². The van der Waals surface area contributed by atoms with Crippen molar-refractivity contribution in [2.75, 3.05) is 19.6 Å². The molecule has 0 saturated carbocycles. The highest BCUT2D eigenvalue weighted by atomic mass is 32.1. The molecule has 98 valence electrons. The molecule has 1 rings (SSSR count). The van der Waals surface area contributed by atoms with E-state index in [1.807, 2.05) is 20.8 Å². The standard InChI is InChI=1S/C12H23N3OS/c1-12(2,3)14-10(16)8-15-6-4-5-9(7-15)11(13)17/h9H,4-8H2,1-3H3,(H2,13,17)(H,14,16). The average Bonchev–Trinajstić information content (AvgIpc) is 2.14. The van der Waals surface area contributed by atoms with Gasteiger partial charge in [0.25, 0.3) is 0 Å². The van der Waals surface area contributed by atoms with Crippen LogP contribution in [0.3, 0.4) is 0 Å². The van der Waals surface area contributed by atoms with Gasteiger partial charge in [-0.15, -0.1) is 0 Å². The largest absolute Gasteiger partial charge is 0.393 e. The first-order chi connectivity index (χ1) is 7.78. The zero-order valence-corrected chi connectivity index (χ0v) is 11.8. The molecule has 1 fully saturated rings. The molecule has 1 aliphatic rings. The minimum absolute atomic E-state index is 0.0705. The van der Waals surface area contributed by atoms with Crippen molar-refractivity contribution in [2.45, 2.75) is 39.2 Å². The van der Waals surface area contributed by atoms with Gasteiger partial charge in [-0.3, -0.25) is 9.69 Å². The second kappa shape index (κ2) is 5.78. The van der Waals surface area contributed by atoms with Crippen LogP contribution in [0.2, 0.25) is 0 Å². The molecule has 0 bridgehead atoms. The Kier molecular flexibility index (Phi) is 4.89. The minimum atomic E-state index is -0.171. The average molecular weight is 257 g/mol. The molecule has 0 aromatic heterocycles. The molecule has 1 heterocycles. The monoisotopic (exact) mass is 257 g/mol. The summed E-state index contributed by atoms with van der Waals surface area (Å²) in [5.74, 6) is 0.335. The lowest BCUT2D eigenvalue weighted by atomic mass is 9.98. The third kappa shape index (κ3) is 5.46. The number of piperidine rings is 1. The summed E-state index contributed by atoms with van der Waals surface area (Å²) in [6.45, 7) is 8.16. The number of hydrogen-bond donors (Lipinski definition) is 2. The van der Waals surface area contributed by atoms with E-state index in [4.69, 9.17) is 18.0 Å². The molecule has 1 unspecified atom stereocenters. The molecule has 1 saturated heterocycles. The van der Waals surface area contributed by atoms with Crippen LogP contribution in [0.5, 0.6) is 0 Å². The smallest absolute Gasteiger partial charge is 0.234 e. The summed E-state index contributed by atoms with van der Waals surface area (Å²) in [5.41, 5.74) is 5.49. The fourth-order valence-electron chi connectivity index (χ4n) is 2.09. The predicted molar refractivity (Wildman–Crippen MR) is 73.8 cm³/mol. The molecule has 1 atom stereocenters. The SMILES string of the molecule is CC(C)(C)NC(=O)CN1CCCC(C(N)=S)C1. The molecule has 17 heavy (non-hydrogen) atoms. The minimum Gasteiger partial charge on any atom is -0.393 e. The maximum atomic E-state index is 11.8.